The van der Waals surface area contributed by atoms with Gasteiger partial charge in [-0.3, -0.25) is 9.59 Å². The third-order valence-electron chi connectivity index (χ3n) is 2.83. The smallest absolute Gasteiger partial charge is 0.305 e. The Morgan fingerprint density at radius 3 is 2.50 bits per heavy atom. The molecular weight excluding hydrogens is 312 g/mol. The van der Waals surface area contributed by atoms with Crippen molar-refractivity contribution in [2.24, 2.45) is 0 Å². The molecule has 9 heteroatoms. The summed E-state index contributed by atoms with van der Waals surface area (Å²) in [4.78, 5) is 24.3. The number of furan rings is 1. The van der Waals surface area contributed by atoms with Crippen molar-refractivity contribution < 1.29 is 27.5 Å². The van der Waals surface area contributed by atoms with Gasteiger partial charge in [-0.1, -0.05) is 0 Å². The van der Waals surface area contributed by atoms with Gasteiger partial charge in [-0.15, -0.1) is 0 Å². The Kier molecular flexibility index (Phi) is 6.12. The number of sulfonamides is 1. The average Bonchev–Trinajstić information content (AvgIpc) is 2.83. The summed E-state index contributed by atoms with van der Waals surface area (Å²) >= 11 is 0. The number of nitrogens with one attached hydrogen (secondary N) is 1. The summed E-state index contributed by atoms with van der Waals surface area (Å²) in [5.74, 6) is -1.07. The Bertz CT molecular complexity index is 635. The summed E-state index contributed by atoms with van der Waals surface area (Å²) in [7, 11) is -3.35. The van der Waals surface area contributed by atoms with Crippen LogP contribution in [0.4, 0.5) is 0 Å². The van der Waals surface area contributed by atoms with E-state index in [4.69, 9.17) is 9.52 Å². The van der Waals surface area contributed by atoms with Crippen molar-refractivity contribution in [1.82, 2.24) is 9.62 Å². The first kappa shape index (κ1) is 18.2. The largest absolute Gasteiger partial charge is 0.481 e. The number of rotatable bonds is 8. The third kappa shape index (κ3) is 5.86. The van der Waals surface area contributed by atoms with E-state index in [1.54, 1.807) is 13.8 Å². The first-order valence-electron chi connectivity index (χ1n) is 6.66. The SMILES string of the molecule is CC(C)N(CCC(=O)O)C(=O)c1ccc(CNS(C)(=O)=O)o1. The molecule has 1 amide bonds. The number of nitrogens with zero attached hydrogens (tertiary/aromatic N) is 1. The Balaban J connectivity index is 2.78. The maximum Gasteiger partial charge on any atom is 0.305 e. The van der Waals surface area contributed by atoms with Crippen molar-refractivity contribution in [2.75, 3.05) is 12.8 Å². The highest BCUT2D eigenvalue weighted by Gasteiger charge is 2.22. The summed E-state index contributed by atoms with van der Waals surface area (Å²) in [5.41, 5.74) is 0. The first-order chi connectivity index (χ1) is 10.1. The van der Waals surface area contributed by atoms with Crippen LogP contribution in [0.3, 0.4) is 0 Å². The van der Waals surface area contributed by atoms with Crippen molar-refractivity contribution in [3.05, 3.63) is 23.7 Å². The summed E-state index contributed by atoms with van der Waals surface area (Å²) in [6, 6.07) is 2.76. The van der Waals surface area contributed by atoms with Crippen LogP contribution in [0.15, 0.2) is 16.5 Å². The quantitative estimate of drug-likeness (QED) is 0.722. The van der Waals surface area contributed by atoms with Crippen LogP contribution in [0.25, 0.3) is 0 Å². The van der Waals surface area contributed by atoms with Gasteiger partial charge in [-0.05, 0) is 26.0 Å². The molecule has 1 rings (SSSR count). The van der Waals surface area contributed by atoms with E-state index in [1.165, 1.54) is 17.0 Å². The van der Waals surface area contributed by atoms with Crippen LogP contribution in [0.1, 0.15) is 36.6 Å². The van der Waals surface area contributed by atoms with E-state index in [0.29, 0.717) is 5.76 Å². The maximum absolute atomic E-state index is 12.3. The molecule has 0 saturated heterocycles. The fourth-order valence-electron chi connectivity index (χ4n) is 1.74. The van der Waals surface area contributed by atoms with Gasteiger partial charge in [0.05, 0.1) is 19.2 Å². The van der Waals surface area contributed by atoms with Crippen LogP contribution in [0, 0.1) is 0 Å². The number of amides is 1. The Labute approximate surface area is 129 Å². The molecule has 1 aromatic heterocycles. The van der Waals surface area contributed by atoms with Crippen molar-refractivity contribution in [1.29, 1.82) is 0 Å². The monoisotopic (exact) mass is 332 g/mol. The molecule has 0 radical (unpaired) electrons. The lowest BCUT2D eigenvalue weighted by Gasteiger charge is -2.25. The molecule has 124 valence electrons. The predicted molar refractivity (Wildman–Crippen MR) is 78.8 cm³/mol. The fourth-order valence-corrected chi connectivity index (χ4v) is 2.15. The topological polar surface area (TPSA) is 117 Å². The van der Waals surface area contributed by atoms with Gasteiger partial charge in [0.25, 0.3) is 5.91 Å². The van der Waals surface area contributed by atoms with Crippen LogP contribution in [0.5, 0.6) is 0 Å². The van der Waals surface area contributed by atoms with Gasteiger partial charge in [-0.25, -0.2) is 13.1 Å². The molecule has 0 spiro atoms. The predicted octanol–water partition coefficient (Wildman–Crippen LogP) is 0.654. The molecule has 0 bridgehead atoms. The standard InChI is InChI=1S/C13H20N2O6S/c1-9(2)15(7-6-12(16)17)13(18)11-5-4-10(21-11)8-14-22(3,19)20/h4-5,9,14H,6-8H2,1-3H3,(H,16,17). The third-order valence-corrected chi connectivity index (χ3v) is 3.50. The number of carbonyl (C=O) groups excluding carboxylic acids is 1. The van der Waals surface area contributed by atoms with Crippen molar-refractivity contribution in [2.45, 2.75) is 32.9 Å². The minimum atomic E-state index is -3.35. The number of aliphatic carboxylic acids is 1. The number of hydrogen-bond acceptors (Lipinski definition) is 5. The molecule has 0 saturated carbocycles. The zero-order valence-corrected chi connectivity index (χ0v) is 13.5. The van der Waals surface area contributed by atoms with E-state index < -0.39 is 21.9 Å². The molecule has 0 aliphatic carbocycles. The Hall–Kier alpha value is -1.87. The minimum absolute atomic E-state index is 0.0457. The van der Waals surface area contributed by atoms with E-state index in [1.807, 2.05) is 0 Å². The molecule has 0 unspecified atom stereocenters. The van der Waals surface area contributed by atoms with Crippen molar-refractivity contribution in [3.8, 4) is 0 Å². The Morgan fingerprint density at radius 1 is 1.36 bits per heavy atom. The number of hydrogen-bond donors (Lipinski definition) is 2. The van der Waals surface area contributed by atoms with Gasteiger partial charge in [0.1, 0.15) is 5.76 Å². The maximum atomic E-state index is 12.3. The molecular formula is C13H20N2O6S. The van der Waals surface area contributed by atoms with E-state index in [0.717, 1.165) is 6.26 Å². The molecule has 1 heterocycles. The lowest BCUT2D eigenvalue weighted by atomic mass is 10.2. The normalized spacial score (nSPS) is 11.6. The van der Waals surface area contributed by atoms with Gasteiger partial charge in [0.2, 0.25) is 10.0 Å². The molecule has 0 aliphatic heterocycles. The molecule has 2 N–H and O–H groups in total. The number of carboxylic acids is 1. The van der Waals surface area contributed by atoms with Gasteiger partial charge in [0.15, 0.2) is 5.76 Å². The van der Waals surface area contributed by atoms with Crippen LogP contribution in [0.2, 0.25) is 0 Å². The number of carboxylic acid groups (broad SMARTS) is 1. The highest BCUT2D eigenvalue weighted by atomic mass is 32.2. The first-order valence-corrected chi connectivity index (χ1v) is 8.55. The van der Waals surface area contributed by atoms with Crippen LogP contribution < -0.4 is 4.72 Å². The highest BCUT2D eigenvalue weighted by Crippen LogP contribution is 2.13. The molecule has 8 nitrogen and oxygen atoms in total. The zero-order valence-electron chi connectivity index (χ0n) is 12.7. The second-order valence-electron chi connectivity index (χ2n) is 5.10. The second kappa shape index (κ2) is 7.41. The van der Waals surface area contributed by atoms with Gasteiger partial charge < -0.3 is 14.4 Å². The Morgan fingerprint density at radius 2 is 2.00 bits per heavy atom. The van der Waals surface area contributed by atoms with Crippen molar-refractivity contribution in [3.63, 3.8) is 0 Å². The van der Waals surface area contributed by atoms with Crippen LogP contribution in [-0.4, -0.2) is 49.1 Å². The van der Waals surface area contributed by atoms with E-state index in [-0.39, 0.29) is 31.3 Å². The summed E-state index contributed by atoms with van der Waals surface area (Å²) in [6.45, 7) is 3.57. The van der Waals surface area contributed by atoms with Gasteiger partial charge in [-0.2, -0.15) is 0 Å². The molecule has 22 heavy (non-hydrogen) atoms. The number of carbonyl (C=O) groups is 2. The van der Waals surface area contributed by atoms with Crippen LogP contribution in [-0.2, 0) is 21.4 Å². The lowest BCUT2D eigenvalue weighted by molar-refractivity contribution is -0.137. The average molecular weight is 332 g/mol. The lowest BCUT2D eigenvalue weighted by Crippen LogP contribution is -2.38. The summed E-state index contributed by atoms with van der Waals surface area (Å²) in [5, 5.41) is 8.72. The van der Waals surface area contributed by atoms with Crippen molar-refractivity contribution >= 4 is 21.9 Å². The van der Waals surface area contributed by atoms with Gasteiger partial charge >= 0.3 is 5.97 Å². The minimum Gasteiger partial charge on any atom is -0.481 e. The molecule has 0 aromatic carbocycles. The molecule has 0 aliphatic rings. The van der Waals surface area contributed by atoms with Crippen LogP contribution >= 0.6 is 0 Å². The summed E-state index contributed by atoms with van der Waals surface area (Å²) in [6.07, 6.45) is 0.863. The highest BCUT2D eigenvalue weighted by molar-refractivity contribution is 7.88. The zero-order chi connectivity index (χ0) is 16.9. The van der Waals surface area contributed by atoms with E-state index >= 15 is 0 Å². The fraction of sp³-hybridized carbons (Fsp3) is 0.538. The van der Waals surface area contributed by atoms with E-state index in [9.17, 15) is 18.0 Å². The van der Waals surface area contributed by atoms with E-state index in [2.05, 4.69) is 4.72 Å². The van der Waals surface area contributed by atoms with Gasteiger partial charge in [0, 0.05) is 12.6 Å². The molecule has 0 fully saturated rings. The summed E-state index contributed by atoms with van der Waals surface area (Å²) < 4.78 is 29.6. The molecule has 1 aromatic rings. The second-order valence-corrected chi connectivity index (χ2v) is 6.93. The molecule has 0 atom stereocenters.